The van der Waals surface area contributed by atoms with Crippen molar-refractivity contribution in [1.82, 2.24) is 4.90 Å². The second-order valence-corrected chi connectivity index (χ2v) is 2.64. The topological polar surface area (TPSA) is 3.24 Å². The Bertz CT molecular complexity index is 77.3. The molecule has 1 heterocycles. The predicted molar refractivity (Wildman–Crippen MR) is 43.0 cm³/mol. The van der Waals surface area contributed by atoms with Crippen LogP contribution >= 0.6 is 0 Å². The van der Waals surface area contributed by atoms with E-state index >= 15 is 0 Å². The van der Waals surface area contributed by atoms with Gasteiger partial charge in [0.05, 0.1) is 0 Å². The molecular weight excluding hydrogens is 129 g/mol. The average molecular weight is 147 g/mol. The van der Waals surface area contributed by atoms with Crippen LogP contribution in [-0.2, 0) is 0 Å². The van der Waals surface area contributed by atoms with Crippen molar-refractivity contribution in [2.75, 3.05) is 13.1 Å². The third-order valence-corrected chi connectivity index (χ3v) is 1.60. The van der Waals surface area contributed by atoms with Crippen molar-refractivity contribution < 1.29 is 4.39 Å². The number of nitrogens with zero attached hydrogens (tertiary/aromatic N) is 1. The number of hydrogen-bond donors (Lipinski definition) is 0. The first kappa shape index (κ1) is 9.89. The Morgan fingerprint density at radius 3 is 1.80 bits per heavy atom. The largest absolute Gasteiger partial charge is 0.295 e. The lowest BCUT2D eigenvalue weighted by Crippen LogP contribution is -2.51. The van der Waals surface area contributed by atoms with E-state index in [0.717, 1.165) is 0 Å². The first-order valence-electron chi connectivity index (χ1n) is 4.08. The van der Waals surface area contributed by atoms with Crippen molar-refractivity contribution in [3.8, 4) is 0 Å². The molecule has 0 amide bonds. The highest BCUT2D eigenvalue weighted by Gasteiger charge is 2.27. The van der Waals surface area contributed by atoms with E-state index in [1.807, 2.05) is 13.8 Å². The highest BCUT2D eigenvalue weighted by Crippen LogP contribution is 2.13. The van der Waals surface area contributed by atoms with Gasteiger partial charge in [-0.1, -0.05) is 13.8 Å². The highest BCUT2D eigenvalue weighted by molar-refractivity contribution is 4.81. The van der Waals surface area contributed by atoms with E-state index in [2.05, 4.69) is 18.7 Å². The van der Waals surface area contributed by atoms with Crippen molar-refractivity contribution in [3.63, 3.8) is 0 Å². The fraction of sp³-hybridized carbons (Fsp3) is 1.00. The van der Waals surface area contributed by atoms with Gasteiger partial charge in [0.15, 0.2) is 0 Å². The molecule has 1 nitrogen and oxygen atoms in total. The third kappa shape index (κ3) is 2.65. The van der Waals surface area contributed by atoms with Crippen molar-refractivity contribution in [2.45, 2.75) is 39.9 Å². The summed E-state index contributed by atoms with van der Waals surface area (Å²) in [6, 6.07) is 0.530. The van der Waals surface area contributed by atoms with Crippen molar-refractivity contribution in [1.29, 1.82) is 0 Å². The molecule has 0 N–H and O–H groups in total. The zero-order valence-electron chi connectivity index (χ0n) is 7.39. The average Bonchev–Trinajstić information content (AvgIpc) is 1.86. The minimum absolute atomic E-state index is 0.530. The van der Waals surface area contributed by atoms with Gasteiger partial charge in [-0.2, -0.15) is 0 Å². The molecule has 2 heteroatoms. The molecule has 62 valence electrons. The summed E-state index contributed by atoms with van der Waals surface area (Å²) < 4.78 is 12.1. The summed E-state index contributed by atoms with van der Waals surface area (Å²) in [5.41, 5.74) is 0. The van der Waals surface area contributed by atoms with Crippen LogP contribution in [0.3, 0.4) is 0 Å². The van der Waals surface area contributed by atoms with Crippen LogP contribution in [0.25, 0.3) is 0 Å². The summed E-state index contributed by atoms with van der Waals surface area (Å²) in [7, 11) is 0. The first-order chi connectivity index (χ1) is 4.70. The maximum Gasteiger partial charge on any atom is 0.125 e. The van der Waals surface area contributed by atoms with Gasteiger partial charge < -0.3 is 0 Å². The SMILES string of the molecule is CC.CC(C)N1CC(F)C1. The third-order valence-electron chi connectivity index (χ3n) is 1.60. The zero-order valence-corrected chi connectivity index (χ0v) is 7.39. The van der Waals surface area contributed by atoms with Crippen molar-refractivity contribution in [3.05, 3.63) is 0 Å². The molecule has 0 spiro atoms. The summed E-state index contributed by atoms with van der Waals surface area (Å²) in [5.74, 6) is 0. The predicted octanol–water partition coefficient (Wildman–Crippen LogP) is 2.07. The molecule has 10 heavy (non-hydrogen) atoms. The molecule has 0 bridgehead atoms. The molecule has 0 radical (unpaired) electrons. The summed E-state index contributed by atoms with van der Waals surface area (Å²) in [4.78, 5) is 2.12. The smallest absolute Gasteiger partial charge is 0.125 e. The van der Waals surface area contributed by atoms with E-state index in [9.17, 15) is 4.39 Å². The molecule has 1 aliphatic rings. The van der Waals surface area contributed by atoms with Crippen LogP contribution in [0, 0.1) is 0 Å². The number of hydrogen-bond acceptors (Lipinski definition) is 1. The van der Waals surface area contributed by atoms with Gasteiger partial charge in [0.25, 0.3) is 0 Å². The van der Waals surface area contributed by atoms with Gasteiger partial charge in [0.2, 0.25) is 0 Å². The van der Waals surface area contributed by atoms with Gasteiger partial charge in [-0.05, 0) is 13.8 Å². The molecule has 0 aliphatic carbocycles. The molecule has 0 aromatic rings. The van der Waals surface area contributed by atoms with Gasteiger partial charge in [0.1, 0.15) is 6.17 Å². The lowest BCUT2D eigenvalue weighted by molar-refractivity contribution is 0.0398. The maximum atomic E-state index is 12.1. The van der Waals surface area contributed by atoms with E-state index in [4.69, 9.17) is 0 Å². The van der Waals surface area contributed by atoms with Crippen LogP contribution < -0.4 is 0 Å². The van der Waals surface area contributed by atoms with Crippen LogP contribution in [-0.4, -0.2) is 30.2 Å². The van der Waals surface area contributed by atoms with E-state index < -0.39 is 6.17 Å². The Morgan fingerprint density at radius 1 is 1.30 bits per heavy atom. The summed E-state index contributed by atoms with van der Waals surface area (Å²) >= 11 is 0. The van der Waals surface area contributed by atoms with Crippen molar-refractivity contribution in [2.24, 2.45) is 0 Å². The molecule has 1 fully saturated rings. The van der Waals surface area contributed by atoms with Crippen LogP contribution in [0.5, 0.6) is 0 Å². The quantitative estimate of drug-likeness (QED) is 0.549. The zero-order chi connectivity index (χ0) is 8.15. The molecule has 1 rings (SSSR count). The summed E-state index contributed by atoms with van der Waals surface area (Å²) in [6.45, 7) is 9.48. The Balaban J connectivity index is 0.000000371. The van der Waals surface area contributed by atoms with Crippen LogP contribution in [0.15, 0.2) is 0 Å². The number of halogens is 1. The van der Waals surface area contributed by atoms with E-state index in [1.54, 1.807) is 0 Å². The van der Waals surface area contributed by atoms with Crippen LogP contribution in [0.4, 0.5) is 4.39 Å². The van der Waals surface area contributed by atoms with E-state index in [0.29, 0.717) is 19.1 Å². The lowest BCUT2D eigenvalue weighted by atomic mass is 10.1. The Kier molecular flexibility index (Phi) is 4.62. The Hall–Kier alpha value is -0.110. The van der Waals surface area contributed by atoms with Gasteiger partial charge in [0, 0.05) is 19.1 Å². The van der Waals surface area contributed by atoms with Crippen LogP contribution in [0.1, 0.15) is 27.7 Å². The highest BCUT2D eigenvalue weighted by atomic mass is 19.1. The number of rotatable bonds is 1. The van der Waals surface area contributed by atoms with Gasteiger partial charge in [-0.15, -0.1) is 0 Å². The fourth-order valence-electron chi connectivity index (χ4n) is 0.877. The van der Waals surface area contributed by atoms with Gasteiger partial charge in [-0.25, -0.2) is 4.39 Å². The molecule has 1 saturated heterocycles. The fourth-order valence-corrected chi connectivity index (χ4v) is 0.877. The van der Waals surface area contributed by atoms with Crippen LogP contribution in [0.2, 0.25) is 0 Å². The maximum absolute atomic E-state index is 12.1. The molecule has 0 unspecified atom stereocenters. The van der Waals surface area contributed by atoms with Gasteiger partial charge in [-0.3, -0.25) is 4.90 Å². The second-order valence-electron chi connectivity index (χ2n) is 2.64. The Labute approximate surface area is 63.2 Å². The lowest BCUT2D eigenvalue weighted by Gasteiger charge is -2.37. The molecule has 1 aliphatic heterocycles. The second kappa shape index (κ2) is 4.67. The molecular formula is C8H18FN. The normalized spacial score (nSPS) is 19.8. The number of likely N-dealkylation sites (tertiary alicyclic amines) is 1. The summed E-state index contributed by atoms with van der Waals surface area (Å²) in [5, 5.41) is 0. The van der Waals surface area contributed by atoms with E-state index in [1.165, 1.54) is 0 Å². The molecule has 0 aromatic carbocycles. The summed E-state index contributed by atoms with van der Waals surface area (Å²) in [6.07, 6.45) is -0.544. The van der Waals surface area contributed by atoms with E-state index in [-0.39, 0.29) is 0 Å². The molecule has 0 aromatic heterocycles. The van der Waals surface area contributed by atoms with Crippen molar-refractivity contribution >= 4 is 0 Å². The number of alkyl halides is 1. The first-order valence-corrected chi connectivity index (χ1v) is 4.08. The standard InChI is InChI=1S/C6H12FN.C2H6/c1-5(2)8-3-6(7)4-8;1-2/h5-6H,3-4H2,1-2H3;1-2H3. The molecule has 0 saturated carbocycles. The minimum atomic E-state index is -0.544. The van der Waals surface area contributed by atoms with Gasteiger partial charge >= 0.3 is 0 Å². The monoisotopic (exact) mass is 147 g/mol. The minimum Gasteiger partial charge on any atom is -0.295 e. The molecule has 0 atom stereocenters. The Morgan fingerprint density at radius 2 is 1.70 bits per heavy atom.